The van der Waals surface area contributed by atoms with E-state index in [-0.39, 0.29) is 17.7 Å². The summed E-state index contributed by atoms with van der Waals surface area (Å²) < 4.78 is 22.1. The Morgan fingerprint density at radius 1 is 1.37 bits per heavy atom. The summed E-state index contributed by atoms with van der Waals surface area (Å²) in [4.78, 5) is 11.0. The number of nitrogens with one attached hydrogen (secondary N) is 2. The van der Waals surface area contributed by atoms with Gasteiger partial charge in [0.25, 0.3) is 0 Å². The molecule has 1 aromatic rings. The molecule has 0 saturated heterocycles. The van der Waals surface area contributed by atoms with Gasteiger partial charge in [0.15, 0.2) is 0 Å². The molecule has 0 radical (unpaired) electrons. The molecule has 1 atom stereocenters. The lowest BCUT2D eigenvalue weighted by atomic mass is 10.1. The van der Waals surface area contributed by atoms with Crippen LogP contribution in [0.3, 0.4) is 0 Å². The molecule has 1 aromatic carbocycles. The van der Waals surface area contributed by atoms with Crippen LogP contribution in [0.1, 0.15) is 25.5 Å². The Balaban J connectivity index is 2.61. The highest BCUT2D eigenvalue weighted by Crippen LogP contribution is 2.17. The van der Waals surface area contributed by atoms with Gasteiger partial charge in [-0.1, -0.05) is 12.1 Å². The van der Waals surface area contributed by atoms with Gasteiger partial charge in [-0.3, -0.25) is 4.79 Å². The smallest absolute Gasteiger partial charge is 0.221 e. The molecule has 0 heterocycles. The van der Waals surface area contributed by atoms with Crippen molar-refractivity contribution in [3.63, 3.8) is 0 Å². The van der Waals surface area contributed by atoms with E-state index in [1.807, 2.05) is 31.2 Å². The largest absolute Gasteiger partial charge is 0.326 e. The van der Waals surface area contributed by atoms with Crippen molar-refractivity contribution in [3.05, 3.63) is 29.8 Å². The lowest BCUT2D eigenvalue weighted by Gasteiger charge is -2.15. The molecular weight excluding hydrogens is 264 g/mol. The van der Waals surface area contributed by atoms with Gasteiger partial charge >= 0.3 is 0 Å². The normalized spacial score (nSPS) is 13.0. The molecule has 19 heavy (non-hydrogen) atoms. The third-order valence-electron chi connectivity index (χ3n) is 2.63. The molecule has 1 unspecified atom stereocenters. The quantitative estimate of drug-likeness (QED) is 0.826. The fourth-order valence-corrected chi connectivity index (χ4v) is 2.16. The molecule has 2 N–H and O–H groups in total. The third-order valence-corrected chi connectivity index (χ3v) is 3.58. The number of sulfone groups is 1. The number of carbonyl (C=O) groups is 1. The molecule has 5 nitrogen and oxygen atoms in total. The average molecular weight is 284 g/mol. The molecule has 0 fully saturated rings. The van der Waals surface area contributed by atoms with Crippen LogP contribution in [0.15, 0.2) is 24.3 Å². The van der Waals surface area contributed by atoms with Crippen molar-refractivity contribution in [3.8, 4) is 0 Å². The summed E-state index contributed by atoms with van der Waals surface area (Å²) in [6, 6.07) is 7.50. The van der Waals surface area contributed by atoms with Gasteiger partial charge in [-0.25, -0.2) is 8.42 Å². The predicted molar refractivity (Wildman–Crippen MR) is 76.9 cm³/mol. The Kier molecular flexibility index (Phi) is 5.50. The summed E-state index contributed by atoms with van der Waals surface area (Å²) >= 11 is 0. The van der Waals surface area contributed by atoms with E-state index in [4.69, 9.17) is 0 Å². The Morgan fingerprint density at radius 2 is 2.05 bits per heavy atom. The lowest BCUT2D eigenvalue weighted by molar-refractivity contribution is -0.114. The molecule has 106 valence electrons. The van der Waals surface area contributed by atoms with E-state index in [0.717, 1.165) is 11.3 Å². The van der Waals surface area contributed by atoms with E-state index in [1.165, 1.54) is 13.2 Å². The van der Waals surface area contributed by atoms with Crippen molar-refractivity contribution in [1.29, 1.82) is 0 Å². The summed E-state index contributed by atoms with van der Waals surface area (Å²) in [5, 5.41) is 5.86. The van der Waals surface area contributed by atoms with Crippen LogP contribution in [-0.2, 0) is 14.6 Å². The maximum atomic E-state index is 11.0. The second-order valence-corrected chi connectivity index (χ2v) is 6.87. The second-order valence-electron chi connectivity index (χ2n) is 4.61. The van der Waals surface area contributed by atoms with Crippen LogP contribution in [0.4, 0.5) is 5.69 Å². The van der Waals surface area contributed by atoms with E-state index < -0.39 is 9.84 Å². The van der Waals surface area contributed by atoms with Crippen LogP contribution < -0.4 is 10.6 Å². The summed E-state index contributed by atoms with van der Waals surface area (Å²) in [5.41, 5.74) is 1.74. The van der Waals surface area contributed by atoms with E-state index in [1.54, 1.807) is 0 Å². The zero-order chi connectivity index (χ0) is 14.5. The first-order valence-electron chi connectivity index (χ1n) is 6.06. The molecule has 0 saturated carbocycles. The van der Waals surface area contributed by atoms with Gasteiger partial charge in [-0.2, -0.15) is 0 Å². The first-order valence-corrected chi connectivity index (χ1v) is 8.12. The monoisotopic (exact) mass is 284 g/mol. The molecule has 0 aromatic heterocycles. The standard InChI is InChI=1S/C13H20N2O3S/c1-10(14-7-8-19(3,17)18)12-5-4-6-13(9-12)15-11(2)16/h4-6,9-10,14H,7-8H2,1-3H3,(H,15,16). The van der Waals surface area contributed by atoms with Crippen LogP contribution in [0.25, 0.3) is 0 Å². The predicted octanol–water partition coefficient (Wildman–Crippen LogP) is 1.34. The number of benzene rings is 1. The van der Waals surface area contributed by atoms with Crippen molar-refractivity contribution in [1.82, 2.24) is 5.32 Å². The zero-order valence-corrected chi connectivity index (χ0v) is 12.3. The second kappa shape index (κ2) is 6.68. The van der Waals surface area contributed by atoms with E-state index in [2.05, 4.69) is 10.6 Å². The van der Waals surface area contributed by atoms with Gasteiger partial charge in [-0.05, 0) is 24.6 Å². The lowest BCUT2D eigenvalue weighted by Crippen LogP contribution is -2.25. The van der Waals surface area contributed by atoms with E-state index >= 15 is 0 Å². The Morgan fingerprint density at radius 3 is 2.63 bits per heavy atom. The van der Waals surface area contributed by atoms with Gasteiger partial charge in [0.1, 0.15) is 9.84 Å². The van der Waals surface area contributed by atoms with Gasteiger partial charge in [0.2, 0.25) is 5.91 Å². The third kappa shape index (κ3) is 6.35. The summed E-state index contributed by atoms with van der Waals surface area (Å²) in [5.74, 6) is -0.00207. The molecule has 0 spiro atoms. The number of carbonyl (C=O) groups excluding carboxylic acids is 1. The van der Waals surface area contributed by atoms with Gasteiger partial charge in [0, 0.05) is 31.5 Å². The highest BCUT2D eigenvalue weighted by atomic mass is 32.2. The van der Waals surface area contributed by atoms with Crippen molar-refractivity contribution in [2.75, 3.05) is 23.9 Å². The highest BCUT2D eigenvalue weighted by molar-refractivity contribution is 7.90. The minimum atomic E-state index is -2.95. The van der Waals surface area contributed by atoms with E-state index in [9.17, 15) is 13.2 Å². The van der Waals surface area contributed by atoms with Crippen LogP contribution in [0.2, 0.25) is 0 Å². The number of amides is 1. The SMILES string of the molecule is CC(=O)Nc1cccc(C(C)NCCS(C)(=O)=O)c1. The van der Waals surface area contributed by atoms with Crippen molar-refractivity contribution in [2.45, 2.75) is 19.9 Å². The molecule has 6 heteroatoms. The molecular formula is C13H20N2O3S. The summed E-state index contributed by atoms with van der Waals surface area (Å²) in [6.07, 6.45) is 1.22. The maximum absolute atomic E-state index is 11.0. The van der Waals surface area contributed by atoms with Crippen molar-refractivity contribution >= 4 is 21.4 Å². The minimum absolute atomic E-state index is 0.0236. The fourth-order valence-electron chi connectivity index (χ4n) is 1.67. The summed E-state index contributed by atoms with van der Waals surface area (Å²) in [7, 11) is -2.95. The molecule has 1 amide bonds. The maximum Gasteiger partial charge on any atom is 0.221 e. The van der Waals surface area contributed by atoms with Crippen molar-refractivity contribution < 1.29 is 13.2 Å². The van der Waals surface area contributed by atoms with Crippen LogP contribution in [0, 0.1) is 0 Å². The Hall–Kier alpha value is -1.40. The number of hydrogen-bond acceptors (Lipinski definition) is 4. The van der Waals surface area contributed by atoms with Crippen LogP contribution >= 0.6 is 0 Å². The first-order chi connectivity index (χ1) is 8.78. The van der Waals surface area contributed by atoms with E-state index in [0.29, 0.717) is 6.54 Å². The van der Waals surface area contributed by atoms with Crippen LogP contribution in [-0.4, -0.2) is 32.9 Å². The minimum Gasteiger partial charge on any atom is -0.326 e. The topological polar surface area (TPSA) is 75.3 Å². The molecule has 1 rings (SSSR count). The molecule has 0 aliphatic heterocycles. The van der Waals surface area contributed by atoms with Crippen molar-refractivity contribution in [2.24, 2.45) is 0 Å². The first kappa shape index (κ1) is 15.7. The fraction of sp³-hybridized carbons (Fsp3) is 0.462. The number of hydrogen-bond donors (Lipinski definition) is 2. The Labute approximate surface area is 114 Å². The van der Waals surface area contributed by atoms with Gasteiger partial charge in [0.05, 0.1) is 5.75 Å². The van der Waals surface area contributed by atoms with Gasteiger partial charge in [-0.15, -0.1) is 0 Å². The summed E-state index contributed by atoms with van der Waals surface area (Å²) in [6.45, 7) is 3.82. The number of rotatable bonds is 6. The van der Waals surface area contributed by atoms with Gasteiger partial charge < -0.3 is 10.6 Å². The zero-order valence-electron chi connectivity index (χ0n) is 11.4. The average Bonchev–Trinajstić information content (AvgIpc) is 2.26. The number of anilines is 1. The molecule has 0 aliphatic rings. The molecule has 0 aliphatic carbocycles. The molecule has 0 bridgehead atoms. The van der Waals surface area contributed by atoms with Crippen LogP contribution in [0.5, 0.6) is 0 Å². The highest BCUT2D eigenvalue weighted by Gasteiger charge is 2.08. The Bertz CT molecular complexity index is 541.